The molecule has 1 aliphatic carbocycles. The zero-order valence-electron chi connectivity index (χ0n) is 12.3. The largest absolute Gasteiger partial charge is 0.396 e. The summed E-state index contributed by atoms with van der Waals surface area (Å²) in [6.07, 6.45) is 0.689. The lowest BCUT2D eigenvalue weighted by Gasteiger charge is -2.23. The van der Waals surface area contributed by atoms with Gasteiger partial charge in [0.1, 0.15) is 0 Å². The predicted molar refractivity (Wildman–Crippen MR) is 84.2 cm³/mol. The number of methoxy groups -OCH3 is 1. The molecule has 1 unspecified atom stereocenters. The molecule has 3 rings (SSSR count). The minimum absolute atomic E-state index is 0.143. The number of aliphatic hydroxyl groups excluding tert-OH is 1. The Kier molecular flexibility index (Phi) is 4.34. The first kappa shape index (κ1) is 14.3. The minimum atomic E-state index is 0.143. The molecule has 0 bridgehead atoms. The van der Waals surface area contributed by atoms with Gasteiger partial charge in [-0.05, 0) is 28.7 Å². The maximum absolute atomic E-state index is 9.23. The van der Waals surface area contributed by atoms with Crippen molar-refractivity contribution in [2.24, 2.45) is 0 Å². The molecule has 1 aliphatic rings. The summed E-state index contributed by atoms with van der Waals surface area (Å²) in [5.74, 6) is 0. The molecule has 0 aliphatic heterocycles. The highest BCUT2D eigenvalue weighted by Gasteiger charge is 2.29. The molecule has 1 atom stereocenters. The van der Waals surface area contributed by atoms with Crippen molar-refractivity contribution in [2.45, 2.75) is 18.5 Å². The third-order valence-corrected chi connectivity index (χ3v) is 4.08. The highest BCUT2D eigenvalue weighted by molar-refractivity contribution is 5.78. The van der Waals surface area contributed by atoms with E-state index in [1.54, 1.807) is 7.11 Å². The number of benzene rings is 2. The molecule has 0 amide bonds. The van der Waals surface area contributed by atoms with Crippen molar-refractivity contribution in [3.8, 4) is 11.1 Å². The van der Waals surface area contributed by atoms with Crippen LogP contribution in [-0.2, 0) is 4.74 Å². The van der Waals surface area contributed by atoms with Gasteiger partial charge in [-0.1, -0.05) is 48.5 Å². The summed E-state index contributed by atoms with van der Waals surface area (Å²) in [5, 5.41) is 12.9. The van der Waals surface area contributed by atoms with Gasteiger partial charge in [0.05, 0.1) is 12.6 Å². The first-order chi connectivity index (χ1) is 10.3. The van der Waals surface area contributed by atoms with Crippen LogP contribution in [0.25, 0.3) is 11.1 Å². The van der Waals surface area contributed by atoms with Crippen LogP contribution in [0, 0.1) is 0 Å². The Hall–Kier alpha value is -1.68. The number of rotatable bonds is 6. The maximum Gasteiger partial charge on any atom is 0.0617 e. The molecule has 3 heteroatoms. The summed E-state index contributed by atoms with van der Waals surface area (Å²) in [5.41, 5.74) is 5.20. The van der Waals surface area contributed by atoms with Gasteiger partial charge in [-0.15, -0.1) is 0 Å². The van der Waals surface area contributed by atoms with Crippen LogP contribution in [-0.4, -0.2) is 31.5 Å². The Balaban J connectivity index is 1.94. The van der Waals surface area contributed by atoms with Gasteiger partial charge in [0, 0.05) is 19.8 Å². The second-order valence-electron chi connectivity index (χ2n) is 5.44. The highest BCUT2D eigenvalue weighted by atomic mass is 16.5. The first-order valence-corrected chi connectivity index (χ1v) is 7.39. The Morgan fingerprint density at radius 1 is 1.05 bits per heavy atom. The van der Waals surface area contributed by atoms with E-state index < -0.39 is 0 Å². The van der Waals surface area contributed by atoms with Gasteiger partial charge in [0.2, 0.25) is 0 Å². The fourth-order valence-electron chi connectivity index (χ4n) is 3.14. The number of ether oxygens (including phenoxy) is 1. The van der Waals surface area contributed by atoms with Gasteiger partial charge in [-0.2, -0.15) is 0 Å². The van der Waals surface area contributed by atoms with Crippen LogP contribution in [0.5, 0.6) is 0 Å². The van der Waals surface area contributed by atoms with E-state index in [1.165, 1.54) is 22.3 Å². The fourth-order valence-corrected chi connectivity index (χ4v) is 3.14. The molecule has 0 radical (unpaired) electrons. The summed E-state index contributed by atoms with van der Waals surface area (Å²) in [6.45, 7) is 0.762. The molecule has 0 saturated carbocycles. The van der Waals surface area contributed by atoms with Crippen LogP contribution in [0.4, 0.5) is 0 Å². The van der Waals surface area contributed by atoms with E-state index in [0.29, 0.717) is 13.0 Å². The van der Waals surface area contributed by atoms with E-state index in [4.69, 9.17) is 4.74 Å². The number of hydrogen-bond acceptors (Lipinski definition) is 3. The first-order valence-electron chi connectivity index (χ1n) is 7.39. The summed E-state index contributed by atoms with van der Waals surface area (Å²) in [4.78, 5) is 0. The Bertz CT molecular complexity index is 560. The van der Waals surface area contributed by atoms with Gasteiger partial charge >= 0.3 is 0 Å². The second kappa shape index (κ2) is 6.39. The fraction of sp³-hybridized carbons (Fsp3) is 0.333. The maximum atomic E-state index is 9.23. The molecule has 3 nitrogen and oxygen atoms in total. The van der Waals surface area contributed by atoms with Crippen molar-refractivity contribution < 1.29 is 9.84 Å². The number of nitrogens with one attached hydrogen (secondary N) is 1. The van der Waals surface area contributed by atoms with Crippen LogP contribution >= 0.6 is 0 Å². The molecule has 2 aromatic rings. The van der Waals surface area contributed by atoms with Gasteiger partial charge in [-0.3, -0.25) is 0 Å². The van der Waals surface area contributed by atoms with Crippen molar-refractivity contribution >= 4 is 0 Å². The highest BCUT2D eigenvalue weighted by Crippen LogP contribution is 2.43. The lowest BCUT2D eigenvalue weighted by atomic mass is 10.0. The van der Waals surface area contributed by atoms with Crippen LogP contribution in [0.15, 0.2) is 48.5 Å². The van der Waals surface area contributed by atoms with Crippen LogP contribution in [0.2, 0.25) is 0 Å². The SMILES string of the molecule is COCC(CCO)NC1c2ccccc2-c2ccccc21. The third-order valence-electron chi connectivity index (χ3n) is 4.08. The molecule has 2 N–H and O–H groups in total. The molecule has 0 fully saturated rings. The topological polar surface area (TPSA) is 41.5 Å². The monoisotopic (exact) mass is 283 g/mol. The van der Waals surface area contributed by atoms with Gasteiger partial charge in [-0.25, -0.2) is 0 Å². The Morgan fingerprint density at radius 2 is 1.62 bits per heavy atom. The van der Waals surface area contributed by atoms with Crippen molar-refractivity contribution in [1.82, 2.24) is 5.32 Å². The lowest BCUT2D eigenvalue weighted by molar-refractivity contribution is 0.145. The second-order valence-corrected chi connectivity index (χ2v) is 5.44. The molecule has 2 aromatic carbocycles. The average molecular weight is 283 g/mol. The molecule has 0 heterocycles. The normalized spacial score (nSPS) is 14.8. The predicted octanol–water partition coefficient (Wildman–Crippen LogP) is 2.74. The van der Waals surface area contributed by atoms with E-state index in [9.17, 15) is 5.11 Å². The summed E-state index contributed by atoms with van der Waals surface area (Å²) < 4.78 is 5.27. The molecule has 0 saturated heterocycles. The van der Waals surface area contributed by atoms with E-state index in [2.05, 4.69) is 53.8 Å². The molecule has 110 valence electrons. The molecule has 0 spiro atoms. The molecule has 21 heavy (non-hydrogen) atoms. The quantitative estimate of drug-likeness (QED) is 0.856. The smallest absolute Gasteiger partial charge is 0.0617 e. The average Bonchev–Trinajstić information content (AvgIpc) is 2.83. The van der Waals surface area contributed by atoms with Crippen molar-refractivity contribution in [1.29, 1.82) is 0 Å². The van der Waals surface area contributed by atoms with Crippen LogP contribution in [0.3, 0.4) is 0 Å². The van der Waals surface area contributed by atoms with Crippen molar-refractivity contribution in [3.63, 3.8) is 0 Å². The summed E-state index contributed by atoms with van der Waals surface area (Å²) in [7, 11) is 1.70. The zero-order chi connectivity index (χ0) is 14.7. The minimum Gasteiger partial charge on any atom is -0.396 e. The van der Waals surface area contributed by atoms with E-state index in [0.717, 1.165) is 0 Å². The van der Waals surface area contributed by atoms with E-state index >= 15 is 0 Å². The van der Waals surface area contributed by atoms with Crippen LogP contribution < -0.4 is 5.32 Å². The zero-order valence-corrected chi connectivity index (χ0v) is 12.3. The molecular formula is C18H21NO2. The van der Waals surface area contributed by atoms with Crippen molar-refractivity contribution in [2.75, 3.05) is 20.3 Å². The molecular weight excluding hydrogens is 262 g/mol. The van der Waals surface area contributed by atoms with Crippen LogP contribution in [0.1, 0.15) is 23.6 Å². The van der Waals surface area contributed by atoms with E-state index in [-0.39, 0.29) is 18.7 Å². The Morgan fingerprint density at radius 3 is 2.14 bits per heavy atom. The number of fused-ring (bicyclic) bond motifs is 3. The van der Waals surface area contributed by atoms with Crippen molar-refractivity contribution in [3.05, 3.63) is 59.7 Å². The summed E-state index contributed by atoms with van der Waals surface area (Å²) in [6, 6.07) is 17.3. The number of aliphatic hydroxyl groups is 1. The third kappa shape index (κ3) is 2.72. The van der Waals surface area contributed by atoms with Gasteiger partial charge in [0.15, 0.2) is 0 Å². The Labute approximate surface area is 125 Å². The number of hydrogen-bond donors (Lipinski definition) is 2. The standard InChI is InChI=1S/C18H21NO2/c1-21-12-13(10-11-20)19-18-16-8-4-2-6-14(16)15-7-3-5-9-17(15)18/h2-9,13,18-20H,10-12H2,1H3. The molecule has 0 aromatic heterocycles. The van der Waals surface area contributed by atoms with E-state index in [1.807, 2.05) is 0 Å². The van der Waals surface area contributed by atoms with Gasteiger partial charge in [0.25, 0.3) is 0 Å². The summed E-state index contributed by atoms with van der Waals surface area (Å²) >= 11 is 0. The lowest BCUT2D eigenvalue weighted by Crippen LogP contribution is -2.36. The van der Waals surface area contributed by atoms with Gasteiger partial charge < -0.3 is 15.2 Å².